The van der Waals surface area contributed by atoms with Gasteiger partial charge in [0.25, 0.3) is 0 Å². The van der Waals surface area contributed by atoms with E-state index in [0.717, 1.165) is 0 Å². The van der Waals surface area contributed by atoms with Crippen molar-refractivity contribution in [3.63, 3.8) is 0 Å². The van der Waals surface area contributed by atoms with E-state index in [-0.39, 0.29) is 23.8 Å². The van der Waals surface area contributed by atoms with Crippen LogP contribution in [0.15, 0.2) is 18.2 Å². The normalized spacial score (nSPS) is 23.2. The number of halogens is 1. The zero-order valence-corrected chi connectivity index (χ0v) is 13.9. The highest BCUT2D eigenvalue weighted by Gasteiger charge is 2.42. The molecule has 2 aliphatic heterocycles. The Balaban J connectivity index is 1.67. The summed E-state index contributed by atoms with van der Waals surface area (Å²) in [4.78, 5) is 38.0. The van der Waals surface area contributed by atoms with Crippen molar-refractivity contribution >= 4 is 29.3 Å². The molecular formula is C17H20FN3O4. The number of carboxylic acid groups (broad SMARTS) is 1. The van der Waals surface area contributed by atoms with Crippen LogP contribution in [0.2, 0.25) is 0 Å². The molecule has 0 aliphatic carbocycles. The highest BCUT2D eigenvalue weighted by Crippen LogP contribution is 2.31. The summed E-state index contributed by atoms with van der Waals surface area (Å²) in [5.41, 5.74) is -0.482. The topological polar surface area (TPSA) is 89.9 Å². The first-order valence-electron chi connectivity index (χ1n) is 8.19. The van der Waals surface area contributed by atoms with E-state index in [1.165, 1.54) is 28.0 Å². The van der Waals surface area contributed by atoms with Gasteiger partial charge in [0.2, 0.25) is 5.91 Å². The lowest BCUT2D eigenvalue weighted by Gasteiger charge is -2.21. The Morgan fingerprint density at radius 3 is 2.64 bits per heavy atom. The van der Waals surface area contributed by atoms with Gasteiger partial charge in [-0.25, -0.2) is 9.18 Å². The van der Waals surface area contributed by atoms with Gasteiger partial charge in [-0.3, -0.25) is 9.59 Å². The van der Waals surface area contributed by atoms with Crippen molar-refractivity contribution in [3.8, 4) is 0 Å². The third-order valence-corrected chi connectivity index (χ3v) is 4.84. The lowest BCUT2D eigenvalue weighted by Crippen LogP contribution is -2.37. The van der Waals surface area contributed by atoms with Crippen molar-refractivity contribution in [2.24, 2.45) is 5.41 Å². The van der Waals surface area contributed by atoms with E-state index in [4.69, 9.17) is 0 Å². The summed E-state index contributed by atoms with van der Waals surface area (Å²) >= 11 is 0. The molecule has 1 unspecified atom stereocenters. The molecule has 0 aromatic heterocycles. The van der Waals surface area contributed by atoms with Crippen molar-refractivity contribution in [1.82, 2.24) is 4.90 Å². The number of nitrogens with one attached hydrogen (secondary N) is 1. The van der Waals surface area contributed by atoms with Crippen molar-refractivity contribution in [1.29, 1.82) is 0 Å². The molecule has 2 saturated heterocycles. The van der Waals surface area contributed by atoms with E-state index in [1.54, 1.807) is 6.92 Å². The van der Waals surface area contributed by atoms with Gasteiger partial charge in [-0.2, -0.15) is 0 Å². The number of carbonyl (C=O) groups excluding carboxylic acids is 2. The van der Waals surface area contributed by atoms with Crippen LogP contribution in [0.25, 0.3) is 0 Å². The molecule has 0 radical (unpaired) electrons. The minimum absolute atomic E-state index is 0.108. The number of urea groups is 1. The first-order valence-corrected chi connectivity index (χ1v) is 8.19. The summed E-state index contributed by atoms with van der Waals surface area (Å²) in [6.07, 6.45) is 1.49. The maximum Gasteiger partial charge on any atom is 0.321 e. The van der Waals surface area contributed by atoms with Crippen LogP contribution in [0, 0.1) is 11.2 Å². The Hall–Kier alpha value is -2.64. The number of hydrogen-bond donors (Lipinski definition) is 2. The summed E-state index contributed by atoms with van der Waals surface area (Å²) in [5, 5.41) is 11.8. The first-order chi connectivity index (χ1) is 11.8. The number of carbonyl (C=O) groups is 3. The molecule has 2 aliphatic rings. The van der Waals surface area contributed by atoms with Gasteiger partial charge in [0.1, 0.15) is 5.82 Å². The second kappa shape index (κ2) is 6.34. The number of benzene rings is 1. The summed E-state index contributed by atoms with van der Waals surface area (Å²) < 4.78 is 14.3. The summed E-state index contributed by atoms with van der Waals surface area (Å²) in [6.45, 7) is 2.53. The maximum atomic E-state index is 14.3. The Bertz CT molecular complexity index is 739. The summed E-state index contributed by atoms with van der Waals surface area (Å²) in [5.74, 6) is -1.63. The van der Waals surface area contributed by atoms with Gasteiger partial charge in [0, 0.05) is 31.7 Å². The standard InChI is InChI=1S/C17H20FN3O4/c1-17(15(23)24)6-8-20(10-17)16(25)19-11-4-5-13(12(18)9-11)21-7-2-3-14(21)22/h4-5,9H,2-3,6-8,10H2,1H3,(H,19,25)(H,23,24). The zero-order valence-electron chi connectivity index (χ0n) is 13.9. The number of nitrogens with zero attached hydrogens (tertiary/aromatic N) is 2. The number of amides is 3. The number of aliphatic carboxylic acids is 1. The quantitative estimate of drug-likeness (QED) is 0.876. The molecule has 0 spiro atoms. The van der Waals surface area contributed by atoms with Crippen molar-refractivity contribution in [3.05, 3.63) is 24.0 Å². The molecule has 3 amide bonds. The third-order valence-electron chi connectivity index (χ3n) is 4.84. The lowest BCUT2D eigenvalue weighted by molar-refractivity contribution is -0.147. The van der Waals surface area contributed by atoms with Crippen LogP contribution in [0.4, 0.5) is 20.6 Å². The fourth-order valence-electron chi connectivity index (χ4n) is 3.22. The molecule has 2 fully saturated rings. The molecule has 2 heterocycles. The molecule has 25 heavy (non-hydrogen) atoms. The number of hydrogen-bond acceptors (Lipinski definition) is 3. The van der Waals surface area contributed by atoms with Gasteiger partial charge in [-0.05, 0) is 38.0 Å². The SMILES string of the molecule is CC1(C(=O)O)CCN(C(=O)Nc2ccc(N3CCCC3=O)c(F)c2)C1. The second-order valence-electron chi connectivity index (χ2n) is 6.78. The molecule has 134 valence electrons. The average Bonchev–Trinajstić information content (AvgIpc) is 3.15. The maximum absolute atomic E-state index is 14.3. The predicted molar refractivity (Wildman–Crippen MR) is 88.9 cm³/mol. The highest BCUT2D eigenvalue weighted by atomic mass is 19.1. The Morgan fingerprint density at radius 2 is 2.08 bits per heavy atom. The van der Waals surface area contributed by atoms with E-state index >= 15 is 0 Å². The van der Waals surface area contributed by atoms with Crippen LogP contribution in [-0.2, 0) is 9.59 Å². The van der Waals surface area contributed by atoms with Crippen LogP contribution in [0.1, 0.15) is 26.2 Å². The van der Waals surface area contributed by atoms with E-state index < -0.39 is 23.2 Å². The minimum atomic E-state index is -0.956. The molecule has 1 aromatic rings. The van der Waals surface area contributed by atoms with E-state index in [1.807, 2.05) is 0 Å². The average molecular weight is 349 g/mol. The Morgan fingerprint density at radius 1 is 1.32 bits per heavy atom. The summed E-state index contributed by atoms with van der Waals surface area (Å²) in [7, 11) is 0. The highest BCUT2D eigenvalue weighted by molar-refractivity contribution is 5.96. The van der Waals surface area contributed by atoms with Crippen LogP contribution in [-0.4, -0.2) is 47.5 Å². The summed E-state index contributed by atoms with van der Waals surface area (Å²) in [6, 6.07) is 3.72. The zero-order chi connectivity index (χ0) is 18.2. The van der Waals surface area contributed by atoms with Crippen LogP contribution in [0.5, 0.6) is 0 Å². The second-order valence-corrected chi connectivity index (χ2v) is 6.78. The fraction of sp³-hybridized carbons (Fsp3) is 0.471. The van der Waals surface area contributed by atoms with Crippen LogP contribution in [0.3, 0.4) is 0 Å². The molecule has 8 heteroatoms. The van der Waals surface area contributed by atoms with Crippen molar-refractivity contribution in [2.75, 3.05) is 29.9 Å². The smallest absolute Gasteiger partial charge is 0.321 e. The van der Waals surface area contributed by atoms with Gasteiger partial charge >= 0.3 is 12.0 Å². The van der Waals surface area contributed by atoms with Gasteiger partial charge in [-0.1, -0.05) is 0 Å². The molecule has 3 rings (SSSR count). The van der Waals surface area contributed by atoms with Gasteiger partial charge < -0.3 is 20.2 Å². The molecule has 2 N–H and O–H groups in total. The Kier molecular flexibility index (Phi) is 4.36. The van der Waals surface area contributed by atoms with E-state index in [2.05, 4.69) is 5.32 Å². The van der Waals surface area contributed by atoms with Crippen LogP contribution >= 0.6 is 0 Å². The van der Waals surface area contributed by atoms with E-state index in [9.17, 15) is 23.9 Å². The Labute approximate surface area is 144 Å². The van der Waals surface area contributed by atoms with Gasteiger partial charge in [0.15, 0.2) is 0 Å². The molecule has 1 atom stereocenters. The third kappa shape index (κ3) is 3.29. The number of likely N-dealkylation sites (tertiary alicyclic amines) is 1. The molecule has 1 aromatic carbocycles. The van der Waals surface area contributed by atoms with Gasteiger partial charge in [-0.15, -0.1) is 0 Å². The minimum Gasteiger partial charge on any atom is -0.481 e. The number of rotatable bonds is 3. The van der Waals surface area contributed by atoms with Crippen molar-refractivity contribution < 1.29 is 23.9 Å². The first kappa shape index (κ1) is 17.2. The monoisotopic (exact) mass is 349 g/mol. The predicted octanol–water partition coefficient (Wildman–Crippen LogP) is 2.28. The van der Waals surface area contributed by atoms with E-state index in [0.29, 0.717) is 32.4 Å². The van der Waals surface area contributed by atoms with Crippen LogP contribution < -0.4 is 10.2 Å². The number of anilines is 2. The largest absolute Gasteiger partial charge is 0.481 e. The fourth-order valence-corrected chi connectivity index (χ4v) is 3.22. The molecule has 0 bridgehead atoms. The number of carboxylic acids is 1. The molecule has 7 nitrogen and oxygen atoms in total. The van der Waals surface area contributed by atoms with Crippen molar-refractivity contribution in [2.45, 2.75) is 26.2 Å². The van der Waals surface area contributed by atoms with Gasteiger partial charge in [0.05, 0.1) is 11.1 Å². The molecule has 0 saturated carbocycles. The molecular weight excluding hydrogens is 329 g/mol. The lowest BCUT2D eigenvalue weighted by atomic mass is 9.90.